The Bertz CT molecular complexity index is 632. The molecule has 3 rings (SSSR count). The van der Waals surface area contributed by atoms with Crippen LogP contribution in [0.2, 0.25) is 0 Å². The molecule has 3 heteroatoms. The summed E-state index contributed by atoms with van der Waals surface area (Å²) >= 11 is 0. The van der Waals surface area contributed by atoms with Gasteiger partial charge in [-0.1, -0.05) is 38.5 Å². The lowest BCUT2D eigenvalue weighted by molar-refractivity contribution is -0.132. The third-order valence-corrected chi connectivity index (χ3v) is 6.69. The molecule has 0 heterocycles. The first-order valence-electron chi connectivity index (χ1n) is 8.66. The minimum Gasteiger partial charge on any atom is -0.326 e. The standard InChI is InChI=1S/C20H27NO2/c1-13-5-7-14(8-6-13)21-17(22)10-9-15-16-11-12-20(4,18(15)23)19(16,2)3/h5-8,15-16H,9-12H2,1-4H3,(H,21,22)/t15-,16+,20+/m1/s1. The summed E-state index contributed by atoms with van der Waals surface area (Å²) in [5.41, 5.74) is 1.89. The van der Waals surface area contributed by atoms with E-state index in [1.54, 1.807) is 0 Å². The van der Waals surface area contributed by atoms with Gasteiger partial charge in [-0.15, -0.1) is 0 Å². The van der Waals surface area contributed by atoms with Crippen LogP contribution in [0.5, 0.6) is 0 Å². The Morgan fingerprint density at radius 3 is 2.43 bits per heavy atom. The number of rotatable bonds is 4. The molecule has 2 bridgehead atoms. The molecule has 2 fully saturated rings. The number of nitrogens with one attached hydrogen (secondary N) is 1. The zero-order valence-electron chi connectivity index (χ0n) is 14.6. The van der Waals surface area contributed by atoms with Crippen molar-refractivity contribution in [1.82, 2.24) is 0 Å². The van der Waals surface area contributed by atoms with Gasteiger partial charge in [-0.25, -0.2) is 0 Å². The summed E-state index contributed by atoms with van der Waals surface area (Å²) in [7, 11) is 0. The van der Waals surface area contributed by atoms with E-state index in [1.807, 2.05) is 31.2 Å². The van der Waals surface area contributed by atoms with Crippen molar-refractivity contribution in [2.45, 2.75) is 53.4 Å². The van der Waals surface area contributed by atoms with Gasteiger partial charge in [0.25, 0.3) is 0 Å². The van der Waals surface area contributed by atoms with Crippen molar-refractivity contribution in [3.63, 3.8) is 0 Å². The van der Waals surface area contributed by atoms with Gasteiger partial charge >= 0.3 is 0 Å². The second kappa shape index (κ2) is 5.47. The lowest BCUT2D eigenvalue weighted by Gasteiger charge is -2.32. The van der Waals surface area contributed by atoms with Crippen molar-refractivity contribution in [2.75, 3.05) is 5.32 Å². The van der Waals surface area contributed by atoms with Crippen LogP contribution >= 0.6 is 0 Å². The minimum atomic E-state index is -0.185. The van der Waals surface area contributed by atoms with Crippen molar-refractivity contribution in [1.29, 1.82) is 0 Å². The first-order chi connectivity index (χ1) is 10.8. The molecule has 0 unspecified atom stereocenters. The number of amides is 1. The van der Waals surface area contributed by atoms with Gasteiger partial charge < -0.3 is 5.32 Å². The monoisotopic (exact) mass is 313 g/mol. The molecule has 2 aliphatic carbocycles. The van der Waals surface area contributed by atoms with Crippen LogP contribution in [0.3, 0.4) is 0 Å². The summed E-state index contributed by atoms with van der Waals surface area (Å²) < 4.78 is 0. The molecule has 1 aromatic carbocycles. The van der Waals surface area contributed by atoms with Crippen molar-refractivity contribution in [3.05, 3.63) is 29.8 Å². The number of carbonyl (C=O) groups is 2. The number of hydrogen-bond acceptors (Lipinski definition) is 2. The molecular weight excluding hydrogens is 286 g/mol. The minimum absolute atomic E-state index is 0.00684. The maximum absolute atomic E-state index is 12.8. The summed E-state index contributed by atoms with van der Waals surface area (Å²) in [6.45, 7) is 8.61. The smallest absolute Gasteiger partial charge is 0.224 e. The Hall–Kier alpha value is -1.64. The van der Waals surface area contributed by atoms with Gasteiger partial charge in [0.1, 0.15) is 5.78 Å². The van der Waals surface area contributed by atoms with Crippen LogP contribution in [0.15, 0.2) is 24.3 Å². The lowest BCUT2D eigenvalue weighted by Crippen LogP contribution is -2.33. The normalized spacial score (nSPS) is 31.4. The van der Waals surface area contributed by atoms with E-state index in [1.165, 1.54) is 5.56 Å². The predicted octanol–water partition coefficient (Wildman–Crippen LogP) is 4.36. The first-order valence-corrected chi connectivity index (χ1v) is 8.66. The van der Waals surface area contributed by atoms with Crippen molar-refractivity contribution >= 4 is 17.4 Å². The highest BCUT2D eigenvalue weighted by molar-refractivity contribution is 5.93. The lowest BCUT2D eigenvalue weighted by atomic mass is 9.70. The Morgan fingerprint density at radius 1 is 1.22 bits per heavy atom. The van der Waals surface area contributed by atoms with E-state index < -0.39 is 0 Å². The van der Waals surface area contributed by atoms with Crippen LogP contribution in [0.1, 0.15) is 52.0 Å². The third-order valence-electron chi connectivity index (χ3n) is 6.69. The molecule has 0 aliphatic heterocycles. The highest BCUT2D eigenvalue weighted by atomic mass is 16.1. The number of aryl methyl sites for hydroxylation is 1. The molecule has 1 aromatic rings. The molecule has 3 atom stereocenters. The van der Waals surface area contributed by atoms with Gasteiger partial charge in [-0.2, -0.15) is 0 Å². The van der Waals surface area contributed by atoms with Crippen molar-refractivity contribution < 1.29 is 9.59 Å². The van der Waals surface area contributed by atoms with Crippen LogP contribution in [0.25, 0.3) is 0 Å². The number of ketones is 1. The molecule has 1 N–H and O–H groups in total. The highest BCUT2D eigenvalue weighted by Gasteiger charge is 2.65. The van der Waals surface area contributed by atoms with Gasteiger partial charge in [0, 0.05) is 23.4 Å². The molecule has 2 aliphatic rings. The Kier molecular flexibility index (Phi) is 3.86. The summed E-state index contributed by atoms with van der Waals surface area (Å²) in [6, 6.07) is 7.80. The number of anilines is 1. The maximum atomic E-state index is 12.8. The Labute approximate surface area is 138 Å². The third kappa shape index (κ3) is 2.50. The van der Waals surface area contributed by atoms with Crippen molar-refractivity contribution in [2.24, 2.45) is 22.7 Å². The summed E-state index contributed by atoms with van der Waals surface area (Å²) in [6.07, 6.45) is 3.24. The van der Waals surface area contributed by atoms with Crippen LogP contribution in [-0.2, 0) is 9.59 Å². The van der Waals surface area contributed by atoms with Crippen molar-refractivity contribution in [3.8, 4) is 0 Å². The molecule has 0 saturated heterocycles. The van der Waals surface area contributed by atoms with Crippen LogP contribution < -0.4 is 5.32 Å². The SMILES string of the molecule is Cc1ccc(NC(=O)CC[C@H]2C(=O)[C@]3(C)CC[C@@H]2C3(C)C)cc1. The summed E-state index contributed by atoms with van der Waals surface area (Å²) in [5, 5.41) is 2.93. The fraction of sp³-hybridized carbons (Fsp3) is 0.600. The quantitative estimate of drug-likeness (QED) is 0.898. The summed E-state index contributed by atoms with van der Waals surface area (Å²) in [5.74, 6) is 0.897. The van der Waals surface area contributed by atoms with Crippen LogP contribution in [0.4, 0.5) is 5.69 Å². The Balaban J connectivity index is 1.60. The zero-order valence-corrected chi connectivity index (χ0v) is 14.6. The van der Waals surface area contributed by atoms with Gasteiger partial charge in [0.2, 0.25) is 5.91 Å². The molecule has 2 saturated carbocycles. The first kappa shape index (κ1) is 16.2. The van der Waals surface area contributed by atoms with E-state index in [-0.39, 0.29) is 22.7 Å². The van der Waals surface area contributed by atoms with Gasteiger partial charge in [0.15, 0.2) is 0 Å². The number of fused-ring (bicyclic) bond motifs is 2. The average molecular weight is 313 g/mol. The Morgan fingerprint density at radius 2 is 1.87 bits per heavy atom. The van der Waals surface area contributed by atoms with Crippen LogP contribution in [-0.4, -0.2) is 11.7 Å². The maximum Gasteiger partial charge on any atom is 0.224 e. The van der Waals surface area contributed by atoms with E-state index in [2.05, 4.69) is 26.1 Å². The van der Waals surface area contributed by atoms with Crippen LogP contribution in [0, 0.1) is 29.6 Å². The second-order valence-corrected chi connectivity index (χ2v) is 8.12. The van der Waals surface area contributed by atoms with E-state index in [0.29, 0.717) is 24.5 Å². The largest absolute Gasteiger partial charge is 0.326 e. The van der Waals surface area contributed by atoms with Gasteiger partial charge in [-0.3, -0.25) is 9.59 Å². The fourth-order valence-electron chi connectivity index (χ4n) is 4.75. The zero-order chi connectivity index (χ0) is 16.8. The van der Waals surface area contributed by atoms with Gasteiger partial charge in [-0.05, 0) is 49.7 Å². The number of Topliss-reactive ketones (excluding diaryl/α,β-unsaturated/α-hetero) is 1. The molecule has 0 aromatic heterocycles. The summed E-state index contributed by atoms with van der Waals surface area (Å²) in [4.78, 5) is 25.0. The molecule has 1 amide bonds. The average Bonchev–Trinajstić information content (AvgIpc) is 2.80. The fourth-order valence-corrected chi connectivity index (χ4v) is 4.75. The van der Waals surface area contributed by atoms with Gasteiger partial charge in [0.05, 0.1) is 0 Å². The predicted molar refractivity (Wildman–Crippen MR) is 92.2 cm³/mol. The number of carbonyl (C=O) groups excluding carboxylic acids is 2. The molecule has 3 nitrogen and oxygen atoms in total. The molecule has 0 spiro atoms. The highest BCUT2D eigenvalue weighted by Crippen LogP contribution is 2.66. The second-order valence-electron chi connectivity index (χ2n) is 8.12. The van der Waals surface area contributed by atoms with E-state index in [9.17, 15) is 9.59 Å². The van der Waals surface area contributed by atoms with E-state index in [0.717, 1.165) is 18.5 Å². The molecular formula is C20H27NO2. The molecule has 0 radical (unpaired) electrons. The molecule has 23 heavy (non-hydrogen) atoms. The number of hydrogen-bond donors (Lipinski definition) is 1. The number of benzene rings is 1. The topological polar surface area (TPSA) is 46.2 Å². The van der Waals surface area contributed by atoms with E-state index in [4.69, 9.17) is 0 Å². The molecule has 124 valence electrons. The van der Waals surface area contributed by atoms with E-state index >= 15 is 0 Å².